The number of nitrogens with zero attached hydrogens (tertiary/aromatic N) is 1. The molecule has 4 heteroatoms. The largest absolute Gasteiger partial charge is 0.495 e. The van der Waals surface area contributed by atoms with Crippen molar-refractivity contribution in [1.29, 1.82) is 0 Å². The third kappa shape index (κ3) is 1.56. The molecule has 4 nitrogen and oxygen atoms in total. The Morgan fingerprint density at radius 1 is 1.47 bits per heavy atom. The first-order chi connectivity index (χ1) is 9.28. The molecule has 3 aliphatic rings. The average molecular weight is 260 g/mol. The first kappa shape index (κ1) is 11.7. The van der Waals surface area contributed by atoms with Crippen LogP contribution in [0, 0.1) is 5.92 Å². The second-order valence-electron chi connectivity index (χ2n) is 6.07. The van der Waals surface area contributed by atoms with Gasteiger partial charge in [0.2, 0.25) is 0 Å². The van der Waals surface area contributed by atoms with Crippen LogP contribution in [0.3, 0.4) is 0 Å². The van der Waals surface area contributed by atoms with Crippen LogP contribution in [0.4, 0.5) is 0 Å². The van der Waals surface area contributed by atoms with E-state index in [9.17, 15) is 0 Å². The lowest BCUT2D eigenvalue weighted by Crippen LogP contribution is -2.56. The lowest BCUT2D eigenvalue weighted by atomic mass is 9.73. The van der Waals surface area contributed by atoms with E-state index in [0.29, 0.717) is 0 Å². The molecule has 1 aliphatic heterocycles. The molecule has 0 bridgehead atoms. The maximum Gasteiger partial charge on any atom is 0.137 e. The third-order valence-corrected chi connectivity index (χ3v) is 5.26. The lowest BCUT2D eigenvalue weighted by Gasteiger charge is -2.45. The van der Waals surface area contributed by atoms with Gasteiger partial charge in [0.05, 0.1) is 36.7 Å². The lowest BCUT2D eigenvalue weighted by molar-refractivity contribution is -0.0962. The minimum Gasteiger partial charge on any atom is -0.495 e. The Labute approximate surface area is 113 Å². The molecule has 0 aromatic carbocycles. The zero-order chi connectivity index (χ0) is 12.9. The standard InChI is InChI=1S/C15H20N2O2/c1-18-13-4-3-12(16-9-13)8-17-15-7-11(15)10-19-14(15)5-2-6-14/h3-4,9,11,17H,2,5-8,10H2,1H3/t11-,15+/m0/s1. The van der Waals surface area contributed by atoms with Gasteiger partial charge in [-0.05, 0) is 37.8 Å². The van der Waals surface area contributed by atoms with Gasteiger partial charge in [-0.3, -0.25) is 4.98 Å². The first-order valence-corrected chi connectivity index (χ1v) is 7.16. The highest BCUT2D eigenvalue weighted by Gasteiger charge is 2.73. The summed E-state index contributed by atoms with van der Waals surface area (Å²) in [4.78, 5) is 4.42. The van der Waals surface area contributed by atoms with Crippen molar-refractivity contribution in [1.82, 2.24) is 10.3 Å². The minimum atomic E-state index is 0.157. The van der Waals surface area contributed by atoms with Crippen molar-refractivity contribution in [2.75, 3.05) is 13.7 Å². The van der Waals surface area contributed by atoms with E-state index >= 15 is 0 Å². The second kappa shape index (κ2) is 3.93. The molecule has 2 aliphatic carbocycles. The quantitative estimate of drug-likeness (QED) is 0.898. The molecule has 4 rings (SSSR count). The van der Waals surface area contributed by atoms with Gasteiger partial charge in [0.1, 0.15) is 5.75 Å². The molecule has 102 valence electrons. The summed E-state index contributed by atoms with van der Waals surface area (Å²) in [6.45, 7) is 1.77. The first-order valence-electron chi connectivity index (χ1n) is 7.16. The number of aromatic nitrogens is 1. The smallest absolute Gasteiger partial charge is 0.137 e. The molecule has 0 amide bonds. The van der Waals surface area contributed by atoms with Crippen molar-refractivity contribution < 1.29 is 9.47 Å². The maximum atomic E-state index is 6.06. The molecule has 1 aromatic heterocycles. The van der Waals surface area contributed by atoms with Crippen molar-refractivity contribution in [2.45, 2.75) is 43.4 Å². The van der Waals surface area contributed by atoms with E-state index in [0.717, 1.165) is 30.5 Å². The van der Waals surface area contributed by atoms with Crippen molar-refractivity contribution in [3.8, 4) is 5.75 Å². The van der Waals surface area contributed by atoms with E-state index in [-0.39, 0.29) is 11.1 Å². The molecule has 3 fully saturated rings. The van der Waals surface area contributed by atoms with Crippen LogP contribution in [0.2, 0.25) is 0 Å². The summed E-state index contributed by atoms with van der Waals surface area (Å²) in [5.74, 6) is 1.54. The van der Waals surface area contributed by atoms with E-state index in [1.165, 1.54) is 25.7 Å². The molecule has 0 unspecified atom stereocenters. The maximum absolute atomic E-state index is 6.06. The van der Waals surface area contributed by atoms with E-state index in [2.05, 4.69) is 10.3 Å². The van der Waals surface area contributed by atoms with Crippen LogP contribution in [-0.4, -0.2) is 29.8 Å². The Morgan fingerprint density at radius 3 is 2.95 bits per heavy atom. The van der Waals surface area contributed by atoms with E-state index in [4.69, 9.17) is 9.47 Å². The Bertz CT molecular complexity index is 483. The zero-order valence-electron chi connectivity index (χ0n) is 11.3. The summed E-state index contributed by atoms with van der Waals surface area (Å²) in [5.41, 5.74) is 1.49. The predicted molar refractivity (Wildman–Crippen MR) is 71.0 cm³/mol. The zero-order valence-corrected chi connectivity index (χ0v) is 11.3. The topological polar surface area (TPSA) is 43.4 Å². The van der Waals surface area contributed by atoms with Gasteiger partial charge in [-0.1, -0.05) is 0 Å². The van der Waals surface area contributed by atoms with Crippen LogP contribution in [0.15, 0.2) is 18.3 Å². The van der Waals surface area contributed by atoms with Crippen molar-refractivity contribution >= 4 is 0 Å². The Balaban J connectivity index is 1.44. The molecule has 1 saturated heterocycles. The minimum absolute atomic E-state index is 0.157. The van der Waals surface area contributed by atoms with Crippen molar-refractivity contribution in [3.05, 3.63) is 24.0 Å². The molecule has 2 saturated carbocycles. The van der Waals surface area contributed by atoms with Crippen LogP contribution in [0.5, 0.6) is 5.75 Å². The number of methoxy groups -OCH3 is 1. The number of ether oxygens (including phenoxy) is 2. The van der Waals surface area contributed by atoms with Crippen molar-refractivity contribution in [2.24, 2.45) is 5.92 Å². The van der Waals surface area contributed by atoms with Crippen LogP contribution in [0.25, 0.3) is 0 Å². The average Bonchev–Trinajstić information content (AvgIpc) is 3.03. The number of hydrogen-bond acceptors (Lipinski definition) is 4. The molecule has 1 aromatic rings. The second-order valence-corrected chi connectivity index (χ2v) is 6.07. The molecule has 2 atom stereocenters. The van der Waals surface area contributed by atoms with Gasteiger partial charge in [-0.15, -0.1) is 0 Å². The summed E-state index contributed by atoms with van der Waals surface area (Å²) < 4.78 is 11.2. The van der Waals surface area contributed by atoms with E-state index in [1.807, 2.05) is 12.1 Å². The number of hydrogen-bond donors (Lipinski definition) is 1. The Morgan fingerprint density at radius 2 is 2.37 bits per heavy atom. The Kier molecular flexibility index (Phi) is 2.42. The van der Waals surface area contributed by atoms with Crippen LogP contribution < -0.4 is 10.1 Å². The van der Waals surface area contributed by atoms with Gasteiger partial charge in [0.15, 0.2) is 0 Å². The summed E-state index contributed by atoms with van der Waals surface area (Å²) in [6.07, 6.45) is 6.84. The summed E-state index contributed by atoms with van der Waals surface area (Å²) in [5, 5.41) is 3.75. The third-order valence-electron chi connectivity index (χ3n) is 5.26. The van der Waals surface area contributed by atoms with Crippen LogP contribution >= 0.6 is 0 Å². The van der Waals surface area contributed by atoms with Gasteiger partial charge >= 0.3 is 0 Å². The SMILES string of the molecule is COc1ccc(CN[C@]23C[C@H]2COC32CCC2)nc1. The Hall–Kier alpha value is -1.13. The van der Waals surface area contributed by atoms with Gasteiger partial charge in [-0.25, -0.2) is 0 Å². The molecule has 1 spiro atoms. The highest BCUT2D eigenvalue weighted by molar-refractivity contribution is 5.29. The highest BCUT2D eigenvalue weighted by atomic mass is 16.5. The predicted octanol–water partition coefficient (Wildman–Crippen LogP) is 1.89. The van der Waals surface area contributed by atoms with Gasteiger partial charge < -0.3 is 14.8 Å². The fourth-order valence-corrected chi connectivity index (χ4v) is 3.83. The summed E-state index contributed by atoms with van der Waals surface area (Å²) in [6, 6.07) is 4.00. The van der Waals surface area contributed by atoms with Gasteiger partial charge in [0, 0.05) is 12.5 Å². The fourth-order valence-electron chi connectivity index (χ4n) is 3.83. The molecule has 19 heavy (non-hydrogen) atoms. The molecular formula is C15H20N2O2. The van der Waals surface area contributed by atoms with Gasteiger partial charge in [0.25, 0.3) is 0 Å². The molecule has 1 N–H and O–H groups in total. The number of rotatable bonds is 4. The van der Waals surface area contributed by atoms with Crippen molar-refractivity contribution in [3.63, 3.8) is 0 Å². The van der Waals surface area contributed by atoms with Gasteiger partial charge in [-0.2, -0.15) is 0 Å². The van der Waals surface area contributed by atoms with E-state index in [1.54, 1.807) is 13.3 Å². The fraction of sp³-hybridized carbons (Fsp3) is 0.667. The van der Waals surface area contributed by atoms with E-state index < -0.39 is 0 Å². The normalized spacial score (nSPS) is 33.8. The highest BCUT2D eigenvalue weighted by Crippen LogP contribution is 2.64. The summed E-state index contributed by atoms with van der Waals surface area (Å²) >= 11 is 0. The molecule has 2 heterocycles. The summed E-state index contributed by atoms with van der Waals surface area (Å²) in [7, 11) is 1.67. The monoisotopic (exact) mass is 260 g/mol. The molecule has 0 radical (unpaired) electrons. The molecular weight excluding hydrogens is 240 g/mol. The number of nitrogens with one attached hydrogen (secondary N) is 1. The van der Waals surface area contributed by atoms with Crippen LogP contribution in [0.1, 0.15) is 31.4 Å². The van der Waals surface area contributed by atoms with Crippen LogP contribution in [-0.2, 0) is 11.3 Å². The number of fused-ring (bicyclic) bond motifs is 2. The number of pyridine rings is 1.